The minimum Gasteiger partial charge on any atom is -0.379 e. The standard InChI is InChI=1S/C20H34N4O4S/c1-22(2)20(8-6-4-5-7-9-20)16-21-19(25)18-14-17(15-23(18)3)29(26,27)24-10-12-28-13-11-24/h14-15H,4-13,16H2,1-3H3,(H,21,25). The van der Waals surface area contributed by atoms with Crippen molar-refractivity contribution in [3.63, 3.8) is 0 Å². The minimum atomic E-state index is -3.62. The van der Waals surface area contributed by atoms with E-state index in [9.17, 15) is 13.2 Å². The van der Waals surface area contributed by atoms with Crippen LogP contribution in [0.3, 0.4) is 0 Å². The number of carbonyl (C=O) groups excluding carboxylic acids is 1. The molecule has 0 unspecified atom stereocenters. The summed E-state index contributed by atoms with van der Waals surface area (Å²) >= 11 is 0. The highest BCUT2D eigenvalue weighted by molar-refractivity contribution is 7.89. The Morgan fingerprint density at radius 2 is 1.79 bits per heavy atom. The Morgan fingerprint density at radius 3 is 2.38 bits per heavy atom. The number of sulfonamides is 1. The fourth-order valence-corrected chi connectivity index (χ4v) is 5.82. The number of ether oxygens (including phenoxy) is 1. The largest absolute Gasteiger partial charge is 0.379 e. The van der Waals surface area contributed by atoms with Gasteiger partial charge >= 0.3 is 0 Å². The molecule has 29 heavy (non-hydrogen) atoms. The molecule has 0 bridgehead atoms. The maximum atomic E-state index is 12.9. The number of rotatable bonds is 6. The number of hydrogen-bond donors (Lipinski definition) is 1. The predicted octanol–water partition coefficient (Wildman–Crippen LogP) is 1.43. The summed E-state index contributed by atoms with van der Waals surface area (Å²) < 4.78 is 34.0. The van der Waals surface area contributed by atoms with Gasteiger partial charge in [-0.1, -0.05) is 25.7 Å². The van der Waals surface area contributed by atoms with Gasteiger partial charge in [-0.3, -0.25) is 4.79 Å². The number of amides is 1. The third-order valence-electron chi connectivity index (χ3n) is 6.38. The van der Waals surface area contributed by atoms with Crippen LogP contribution in [-0.4, -0.2) is 80.6 Å². The first-order valence-electron chi connectivity index (χ1n) is 10.5. The van der Waals surface area contributed by atoms with Gasteiger partial charge in [-0.05, 0) is 33.0 Å². The molecule has 8 nitrogen and oxygen atoms in total. The second kappa shape index (κ2) is 9.16. The number of likely N-dealkylation sites (N-methyl/N-ethyl adjacent to an activating group) is 1. The summed E-state index contributed by atoms with van der Waals surface area (Å²) in [5, 5.41) is 3.07. The smallest absolute Gasteiger partial charge is 0.268 e. The Hall–Kier alpha value is -1.42. The van der Waals surface area contributed by atoms with Crippen LogP contribution in [0, 0.1) is 0 Å². The number of aryl methyl sites for hydroxylation is 1. The van der Waals surface area contributed by atoms with E-state index in [4.69, 9.17) is 4.74 Å². The Labute approximate surface area is 174 Å². The van der Waals surface area contributed by atoms with Crippen molar-refractivity contribution < 1.29 is 17.9 Å². The van der Waals surface area contributed by atoms with Gasteiger partial charge in [0.25, 0.3) is 5.91 Å². The maximum absolute atomic E-state index is 12.9. The molecule has 1 saturated carbocycles. The molecule has 0 radical (unpaired) electrons. The lowest BCUT2D eigenvalue weighted by Crippen LogP contribution is -2.52. The van der Waals surface area contributed by atoms with Crippen LogP contribution < -0.4 is 5.32 Å². The quantitative estimate of drug-likeness (QED) is 0.696. The molecule has 0 aromatic carbocycles. The summed E-state index contributed by atoms with van der Waals surface area (Å²) in [5.41, 5.74) is 0.319. The second-order valence-electron chi connectivity index (χ2n) is 8.40. The van der Waals surface area contributed by atoms with Crippen molar-refractivity contribution in [2.24, 2.45) is 7.05 Å². The first kappa shape index (κ1) is 22.3. The molecule has 164 valence electrons. The zero-order chi connectivity index (χ0) is 21.1. The summed E-state index contributed by atoms with van der Waals surface area (Å²) in [6.45, 7) is 2.03. The van der Waals surface area contributed by atoms with E-state index < -0.39 is 10.0 Å². The zero-order valence-electron chi connectivity index (χ0n) is 17.8. The molecular weight excluding hydrogens is 392 g/mol. The minimum absolute atomic E-state index is 0.0416. The molecule has 3 rings (SSSR count). The fourth-order valence-electron chi connectivity index (χ4n) is 4.34. The van der Waals surface area contributed by atoms with Gasteiger partial charge in [-0.2, -0.15) is 4.31 Å². The molecule has 1 aliphatic carbocycles. The van der Waals surface area contributed by atoms with Crippen molar-refractivity contribution in [3.05, 3.63) is 18.0 Å². The third-order valence-corrected chi connectivity index (χ3v) is 8.25. The Morgan fingerprint density at radius 1 is 1.17 bits per heavy atom. The van der Waals surface area contributed by atoms with Gasteiger partial charge in [0, 0.05) is 38.4 Å². The van der Waals surface area contributed by atoms with E-state index in [0.29, 0.717) is 38.5 Å². The van der Waals surface area contributed by atoms with E-state index in [2.05, 4.69) is 24.3 Å². The molecule has 0 spiro atoms. The van der Waals surface area contributed by atoms with Crippen LogP contribution in [0.2, 0.25) is 0 Å². The molecule has 1 aromatic heterocycles. The highest BCUT2D eigenvalue weighted by atomic mass is 32.2. The third kappa shape index (κ3) is 4.84. The Kier molecular flexibility index (Phi) is 7.03. The van der Waals surface area contributed by atoms with Gasteiger partial charge in [0.1, 0.15) is 10.6 Å². The Bertz CT molecular complexity index is 804. The van der Waals surface area contributed by atoms with E-state index in [0.717, 1.165) is 12.8 Å². The van der Waals surface area contributed by atoms with Crippen LogP contribution in [0.5, 0.6) is 0 Å². The van der Waals surface area contributed by atoms with Crippen molar-refractivity contribution in [2.75, 3.05) is 46.9 Å². The lowest BCUT2D eigenvalue weighted by Gasteiger charge is -2.39. The number of aromatic nitrogens is 1. The molecule has 2 fully saturated rings. The monoisotopic (exact) mass is 426 g/mol. The van der Waals surface area contributed by atoms with Crippen molar-refractivity contribution in [3.8, 4) is 0 Å². The second-order valence-corrected chi connectivity index (χ2v) is 10.3. The van der Waals surface area contributed by atoms with E-state index in [1.54, 1.807) is 11.6 Å². The SMILES string of the molecule is CN(C)C1(CNC(=O)c2cc(S(=O)(=O)N3CCOCC3)cn2C)CCCCCC1. The van der Waals surface area contributed by atoms with Crippen molar-refractivity contribution in [1.82, 2.24) is 19.1 Å². The molecule has 1 saturated heterocycles. The lowest BCUT2D eigenvalue weighted by molar-refractivity contribution is 0.0730. The summed E-state index contributed by atoms with van der Waals surface area (Å²) in [5.74, 6) is -0.235. The van der Waals surface area contributed by atoms with Crippen LogP contribution in [0.1, 0.15) is 49.0 Å². The van der Waals surface area contributed by atoms with Gasteiger partial charge in [-0.15, -0.1) is 0 Å². The van der Waals surface area contributed by atoms with Gasteiger partial charge in [0.15, 0.2) is 0 Å². The van der Waals surface area contributed by atoms with Crippen molar-refractivity contribution in [2.45, 2.75) is 49.0 Å². The van der Waals surface area contributed by atoms with Crippen LogP contribution in [0.25, 0.3) is 0 Å². The molecule has 1 aliphatic heterocycles. The normalized spacial score (nSPS) is 21.1. The summed E-state index contributed by atoms with van der Waals surface area (Å²) in [7, 11) is 2.24. The number of hydrogen-bond acceptors (Lipinski definition) is 5. The van der Waals surface area contributed by atoms with Crippen molar-refractivity contribution in [1.29, 1.82) is 0 Å². The Balaban J connectivity index is 1.73. The molecule has 2 heterocycles. The van der Waals surface area contributed by atoms with Crippen LogP contribution in [0.4, 0.5) is 0 Å². The van der Waals surface area contributed by atoms with Gasteiger partial charge in [0.2, 0.25) is 10.0 Å². The summed E-state index contributed by atoms with van der Waals surface area (Å²) in [6, 6.07) is 1.48. The average Bonchev–Trinajstić information content (AvgIpc) is 2.95. The highest BCUT2D eigenvalue weighted by Crippen LogP contribution is 2.30. The van der Waals surface area contributed by atoms with E-state index in [-0.39, 0.29) is 16.3 Å². The lowest BCUT2D eigenvalue weighted by atomic mass is 9.88. The van der Waals surface area contributed by atoms with E-state index in [1.807, 2.05) is 0 Å². The molecule has 9 heteroatoms. The summed E-state index contributed by atoms with van der Waals surface area (Å²) in [4.78, 5) is 15.3. The topological polar surface area (TPSA) is 83.9 Å². The molecule has 2 aliphatic rings. The van der Waals surface area contributed by atoms with Crippen LogP contribution in [-0.2, 0) is 21.8 Å². The average molecular weight is 427 g/mol. The maximum Gasteiger partial charge on any atom is 0.268 e. The number of nitrogens with one attached hydrogen (secondary N) is 1. The molecule has 1 N–H and O–H groups in total. The molecule has 1 amide bonds. The number of morpholine rings is 1. The van der Waals surface area contributed by atoms with Gasteiger partial charge < -0.3 is 19.5 Å². The van der Waals surface area contributed by atoms with E-state index >= 15 is 0 Å². The zero-order valence-corrected chi connectivity index (χ0v) is 18.6. The fraction of sp³-hybridized carbons (Fsp3) is 0.750. The molecule has 0 atom stereocenters. The highest BCUT2D eigenvalue weighted by Gasteiger charge is 2.34. The van der Waals surface area contributed by atoms with Gasteiger partial charge in [-0.25, -0.2) is 8.42 Å². The first-order chi connectivity index (χ1) is 13.8. The van der Waals surface area contributed by atoms with Gasteiger partial charge in [0.05, 0.1) is 13.2 Å². The van der Waals surface area contributed by atoms with Crippen LogP contribution in [0.15, 0.2) is 17.2 Å². The van der Waals surface area contributed by atoms with Crippen LogP contribution >= 0.6 is 0 Å². The number of nitrogens with zero attached hydrogens (tertiary/aromatic N) is 3. The number of carbonyl (C=O) groups is 1. The van der Waals surface area contributed by atoms with E-state index in [1.165, 1.54) is 42.3 Å². The van der Waals surface area contributed by atoms with Crippen molar-refractivity contribution >= 4 is 15.9 Å². The first-order valence-corrected chi connectivity index (χ1v) is 11.9. The molecular formula is C20H34N4O4S. The predicted molar refractivity (Wildman–Crippen MR) is 111 cm³/mol. The molecule has 1 aromatic rings. The summed E-state index contributed by atoms with van der Waals surface area (Å²) in [6.07, 6.45) is 8.45.